The third kappa shape index (κ3) is 6.13. The zero-order valence-corrected chi connectivity index (χ0v) is 12.1. The Labute approximate surface area is 110 Å². The molecular weight excluding hydrogens is 226 g/mol. The molecule has 0 saturated carbocycles. The van der Waals surface area contributed by atoms with Crippen LogP contribution in [-0.2, 0) is 6.54 Å². The zero-order valence-electron chi connectivity index (χ0n) is 11.3. The van der Waals surface area contributed by atoms with Crippen LogP contribution in [0, 0.1) is 0 Å². The Balaban J connectivity index is 2.39. The zero-order chi connectivity index (χ0) is 12.5. The van der Waals surface area contributed by atoms with Crippen LogP contribution in [0.3, 0.4) is 0 Å². The molecule has 0 radical (unpaired) electrons. The van der Waals surface area contributed by atoms with E-state index in [9.17, 15) is 0 Å². The van der Waals surface area contributed by atoms with E-state index in [0.717, 1.165) is 18.3 Å². The van der Waals surface area contributed by atoms with Crippen molar-refractivity contribution in [3.8, 4) is 0 Å². The van der Waals surface area contributed by atoms with Crippen molar-refractivity contribution in [1.29, 1.82) is 0 Å². The highest BCUT2D eigenvalue weighted by molar-refractivity contribution is 7.99. The van der Waals surface area contributed by atoms with Crippen LogP contribution >= 0.6 is 11.8 Å². The molecule has 1 nitrogen and oxygen atoms in total. The lowest BCUT2D eigenvalue weighted by molar-refractivity contribution is 0.675. The van der Waals surface area contributed by atoms with Crippen LogP contribution in [0.1, 0.15) is 45.6 Å². The van der Waals surface area contributed by atoms with Gasteiger partial charge in [0.2, 0.25) is 0 Å². The molecule has 0 amide bonds. The molecule has 1 unspecified atom stereocenters. The molecule has 0 aliphatic heterocycles. The van der Waals surface area contributed by atoms with Crippen molar-refractivity contribution in [2.45, 2.75) is 56.7 Å². The summed E-state index contributed by atoms with van der Waals surface area (Å²) >= 11 is 1.98. The van der Waals surface area contributed by atoms with Gasteiger partial charge in [-0.05, 0) is 37.1 Å². The van der Waals surface area contributed by atoms with E-state index >= 15 is 0 Å². The number of benzene rings is 1. The lowest BCUT2D eigenvalue weighted by Crippen LogP contribution is -2.13. The van der Waals surface area contributed by atoms with E-state index < -0.39 is 0 Å². The molecule has 2 heteroatoms. The summed E-state index contributed by atoms with van der Waals surface area (Å²) in [5, 5.41) is 4.15. The van der Waals surface area contributed by atoms with Crippen LogP contribution in [0.4, 0.5) is 0 Å². The van der Waals surface area contributed by atoms with E-state index in [0.29, 0.717) is 0 Å². The molecule has 0 spiro atoms. The molecule has 0 bridgehead atoms. The Morgan fingerprint density at radius 2 is 1.82 bits per heavy atom. The van der Waals surface area contributed by atoms with Gasteiger partial charge in [0.15, 0.2) is 0 Å². The van der Waals surface area contributed by atoms with E-state index in [1.807, 2.05) is 11.8 Å². The van der Waals surface area contributed by atoms with Crippen molar-refractivity contribution in [3.05, 3.63) is 29.8 Å². The Hall–Kier alpha value is -0.470. The lowest BCUT2D eigenvalue weighted by atomic mass is 10.2. The second-order valence-electron chi connectivity index (χ2n) is 4.54. The molecule has 0 aliphatic rings. The van der Waals surface area contributed by atoms with Gasteiger partial charge in [-0.1, -0.05) is 39.3 Å². The van der Waals surface area contributed by atoms with Gasteiger partial charge in [0.05, 0.1) is 0 Å². The van der Waals surface area contributed by atoms with Crippen molar-refractivity contribution in [3.63, 3.8) is 0 Å². The molecule has 17 heavy (non-hydrogen) atoms. The fourth-order valence-corrected chi connectivity index (χ4v) is 2.90. The highest BCUT2D eigenvalue weighted by atomic mass is 32.2. The molecule has 1 N–H and O–H groups in total. The maximum absolute atomic E-state index is 3.43. The van der Waals surface area contributed by atoms with Gasteiger partial charge in [-0.2, -0.15) is 0 Å². The average Bonchev–Trinajstić information content (AvgIpc) is 2.32. The van der Waals surface area contributed by atoms with E-state index in [1.54, 1.807) is 0 Å². The van der Waals surface area contributed by atoms with Crippen molar-refractivity contribution in [1.82, 2.24) is 5.32 Å². The number of nitrogens with one attached hydrogen (secondary N) is 1. The predicted molar refractivity (Wildman–Crippen MR) is 78.7 cm³/mol. The van der Waals surface area contributed by atoms with Crippen molar-refractivity contribution >= 4 is 11.8 Å². The normalized spacial score (nSPS) is 12.6. The first kappa shape index (κ1) is 14.6. The van der Waals surface area contributed by atoms with Crippen LogP contribution < -0.4 is 5.32 Å². The summed E-state index contributed by atoms with van der Waals surface area (Å²) in [6.07, 6.45) is 3.76. The van der Waals surface area contributed by atoms with E-state index in [2.05, 4.69) is 50.4 Å². The largest absolute Gasteiger partial charge is 0.313 e. The number of hydrogen-bond acceptors (Lipinski definition) is 2. The van der Waals surface area contributed by atoms with Crippen LogP contribution in [-0.4, -0.2) is 11.8 Å². The molecular formula is C15H25NS. The van der Waals surface area contributed by atoms with Gasteiger partial charge in [0.25, 0.3) is 0 Å². The molecule has 1 atom stereocenters. The molecule has 0 aliphatic carbocycles. The summed E-state index contributed by atoms with van der Waals surface area (Å²) in [5.41, 5.74) is 1.38. The minimum Gasteiger partial charge on any atom is -0.313 e. The third-order valence-electron chi connectivity index (χ3n) is 2.71. The number of rotatable bonds is 8. The fourth-order valence-electron chi connectivity index (χ4n) is 1.79. The first-order chi connectivity index (χ1) is 8.26. The molecule has 0 heterocycles. The van der Waals surface area contributed by atoms with Gasteiger partial charge in [-0.25, -0.2) is 0 Å². The van der Waals surface area contributed by atoms with Crippen molar-refractivity contribution in [2.24, 2.45) is 0 Å². The molecule has 1 aromatic carbocycles. The van der Waals surface area contributed by atoms with Crippen LogP contribution in [0.5, 0.6) is 0 Å². The second kappa shape index (κ2) is 8.60. The number of thioether (sulfide) groups is 1. The SMILES string of the molecule is CCCNCc1ccc(SC(C)CCC)cc1. The summed E-state index contributed by atoms with van der Waals surface area (Å²) in [6.45, 7) is 8.85. The van der Waals surface area contributed by atoms with Crippen LogP contribution in [0.25, 0.3) is 0 Å². The Kier molecular flexibility index (Phi) is 7.38. The Morgan fingerprint density at radius 1 is 1.12 bits per heavy atom. The summed E-state index contributed by atoms with van der Waals surface area (Å²) in [4.78, 5) is 1.39. The quantitative estimate of drug-likeness (QED) is 0.540. The summed E-state index contributed by atoms with van der Waals surface area (Å²) < 4.78 is 0. The van der Waals surface area contributed by atoms with Gasteiger partial charge in [0.1, 0.15) is 0 Å². The summed E-state index contributed by atoms with van der Waals surface area (Å²) in [6, 6.07) is 8.98. The maximum Gasteiger partial charge on any atom is 0.0205 e. The van der Waals surface area contributed by atoms with Gasteiger partial charge in [-0.15, -0.1) is 11.8 Å². The van der Waals surface area contributed by atoms with E-state index in [4.69, 9.17) is 0 Å². The Bertz CT molecular complexity index is 294. The van der Waals surface area contributed by atoms with Crippen molar-refractivity contribution < 1.29 is 0 Å². The van der Waals surface area contributed by atoms with Gasteiger partial charge >= 0.3 is 0 Å². The molecule has 1 aromatic rings. The fraction of sp³-hybridized carbons (Fsp3) is 0.600. The van der Waals surface area contributed by atoms with Gasteiger partial charge in [-0.3, -0.25) is 0 Å². The smallest absolute Gasteiger partial charge is 0.0205 e. The predicted octanol–water partition coefficient (Wildman–Crippen LogP) is 4.47. The minimum absolute atomic E-state index is 0.726. The standard InChI is InChI=1S/C15H25NS/c1-4-6-13(3)17-15-9-7-14(8-10-15)12-16-11-5-2/h7-10,13,16H,4-6,11-12H2,1-3H3. The Morgan fingerprint density at radius 3 is 2.41 bits per heavy atom. The van der Waals surface area contributed by atoms with Crippen LogP contribution in [0.2, 0.25) is 0 Å². The second-order valence-corrected chi connectivity index (χ2v) is 6.05. The molecule has 1 rings (SSSR count). The van der Waals surface area contributed by atoms with Crippen LogP contribution in [0.15, 0.2) is 29.2 Å². The van der Waals surface area contributed by atoms with Gasteiger partial charge < -0.3 is 5.32 Å². The summed E-state index contributed by atoms with van der Waals surface area (Å²) in [7, 11) is 0. The van der Waals surface area contributed by atoms with Gasteiger partial charge in [0, 0.05) is 16.7 Å². The monoisotopic (exact) mass is 251 g/mol. The lowest BCUT2D eigenvalue weighted by Gasteiger charge is -2.10. The summed E-state index contributed by atoms with van der Waals surface area (Å²) in [5.74, 6) is 0. The average molecular weight is 251 g/mol. The molecule has 96 valence electrons. The molecule has 0 fully saturated rings. The topological polar surface area (TPSA) is 12.0 Å². The van der Waals surface area contributed by atoms with E-state index in [-0.39, 0.29) is 0 Å². The third-order valence-corrected chi connectivity index (χ3v) is 3.89. The minimum atomic E-state index is 0.726. The first-order valence-electron chi connectivity index (χ1n) is 6.72. The van der Waals surface area contributed by atoms with Crippen molar-refractivity contribution in [2.75, 3.05) is 6.54 Å². The highest BCUT2D eigenvalue weighted by Crippen LogP contribution is 2.25. The maximum atomic E-state index is 3.43. The highest BCUT2D eigenvalue weighted by Gasteiger charge is 2.02. The number of hydrogen-bond donors (Lipinski definition) is 1. The molecule has 0 saturated heterocycles. The van der Waals surface area contributed by atoms with E-state index in [1.165, 1.54) is 29.7 Å². The first-order valence-corrected chi connectivity index (χ1v) is 7.60. The molecule has 0 aromatic heterocycles.